The van der Waals surface area contributed by atoms with Crippen molar-refractivity contribution in [3.63, 3.8) is 0 Å². The molecule has 0 radical (unpaired) electrons. The lowest BCUT2D eigenvalue weighted by Crippen LogP contribution is -2.20. The average Bonchev–Trinajstić information content (AvgIpc) is 2.32. The minimum atomic E-state index is -0.445. The summed E-state index contributed by atoms with van der Waals surface area (Å²) < 4.78 is 20.2. The first kappa shape index (κ1) is 15.7. The van der Waals surface area contributed by atoms with Crippen LogP contribution in [-0.4, -0.2) is 45.1 Å². The number of rotatable bonds is 11. The molecule has 0 aromatic rings. The Morgan fingerprint density at radius 2 is 1.82 bits per heavy atom. The van der Waals surface area contributed by atoms with Gasteiger partial charge >= 0.3 is 5.97 Å². The van der Waals surface area contributed by atoms with Crippen molar-refractivity contribution in [2.45, 2.75) is 13.0 Å². The second-order valence-electron chi connectivity index (χ2n) is 3.18. The molecule has 0 spiro atoms. The summed E-state index contributed by atoms with van der Waals surface area (Å²) in [5.74, 6) is -0.445. The summed E-state index contributed by atoms with van der Waals surface area (Å²) in [7, 11) is 0. The largest absolute Gasteiger partial charge is 0.499 e. The van der Waals surface area contributed by atoms with Crippen LogP contribution in [0.25, 0.3) is 0 Å². The monoisotopic (exact) mass is 244 g/mol. The first-order valence-corrected chi connectivity index (χ1v) is 5.41. The van der Waals surface area contributed by atoms with Crippen LogP contribution in [0.5, 0.6) is 0 Å². The van der Waals surface area contributed by atoms with Crippen molar-refractivity contribution in [3.8, 4) is 0 Å². The molecule has 0 aliphatic rings. The molecule has 98 valence electrons. The number of hydrogen-bond acceptors (Lipinski definition) is 5. The summed E-state index contributed by atoms with van der Waals surface area (Å²) >= 11 is 0. The fraction of sp³-hybridized carbons (Fsp3) is 0.583. The standard InChI is InChI=1S/C12H20O5/c1-4-12(13)17-11(3)10-16-9-8-15-7-6-14-5-2/h4-5,11H,1-2,6-10H2,3H3. The van der Waals surface area contributed by atoms with Gasteiger partial charge in [-0.25, -0.2) is 4.79 Å². The van der Waals surface area contributed by atoms with E-state index < -0.39 is 5.97 Å². The molecule has 1 atom stereocenters. The predicted molar refractivity (Wildman–Crippen MR) is 63.5 cm³/mol. The van der Waals surface area contributed by atoms with Gasteiger partial charge in [0.05, 0.1) is 32.7 Å². The SMILES string of the molecule is C=COCCOCCOCC(C)OC(=O)C=C. The Balaban J connectivity index is 3.24. The van der Waals surface area contributed by atoms with E-state index in [0.717, 1.165) is 6.08 Å². The van der Waals surface area contributed by atoms with Crippen molar-refractivity contribution in [2.75, 3.05) is 33.0 Å². The van der Waals surface area contributed by atoms with Gasteiger partial charge in [0.1, 0.15) is 12.7 Å². The number of carbonyl (C=O) groups excluding carboxylic acids is 1. The van der Waals surface area contributed by atoms with E-state index in [4.69, 9.17) is 18.9 Å². The van der Waals surface area contributed by atoms with E-state index in [9.17, 15) is 4.79 Å². The predicted octanol–water partition coefficient (Wildman–Crippen LogP) is 1.30. The van der Waals surface area contributed by atoms with Crippen molar-refractivity contribution in [1.29, 1.82) is 0 Å². The number of ether oxygens (including phenoxy) is 4. The van der Waals surface area contributed by atoms with Crippen molar-refractivity contribution < 1.29 is 23.7 Å². The van der Waals surface area contributed by atoms with E-state index in [-0.39, 0.29) is 6.10 Å². The second kappa shape index (κ2) is 11.2. The van der Waals surface area contributed by atoms with Gasteiger partial charge < -0.3 is 18.9 Å². The highest BCUT2D eigenvalue weighted by atomic mass is 16.6. The highest BCUT2D eigenvalue weighted by Crippen LogP contribution is 1.93. The van der Waals surface area contributed by atoms with E-state index >= 15 is 0 Å². The number of hydrogen-bond donors (Lipinski definition) is 0. The Morgan fingerprint density at radius 3 is 2.47 bits per heavy atom. The molecule has 0 aromatic carbocycles. The molecule has 5 heteroatoms. The Kier molecular flexibility index (Phi) is 10.3. The molecule has 0 fully saturated rings. The summed E-state index contributed by atoms with van der Waals surface area (Å²) in [6, 6.07) is 0. The third-order valence-corrected chi connectivity index (χ3v) is 1.67. The highest BCUT2D eigenvalue weighted by Gasteiger charge is 2.05. The molecule has 0 aromatic heterocycles. The zero-order chi connectivity index (χ0) is 12.9. The van der Waals surface area contributed by atoms with Gasteiger partial charge in [0.25, 0.3) is 0 Å². The van der Waals surface area contributed by atoms with Gasteiger partial charge in [0, 0.05) is 6.08 Å². The van der Waals surface area contributed by atoms with Crippen LogP contribution in [-0.2, 0) is 23.7 Å². The molecule has 0 rings (SSSR count). The van der Waals surface area contributed by atoms with Crippen LogP contribution in [0.1, 0.15) is 6.92 Å². The molecule has 5 nitrogen and oxygen atoms in total. The van der Waals surface area contributed by atoms with Gasteiger partial charge in [0.15, 0.2) is 0 Å². The van der Waals surface area contributed by atoms with Gasteiger partial charge in [-0.1, -0.05) is 13.2 Å². The zero-order valence-electron chi connectivity index (χ0n) is 10.2. The Bertz CT molecular complexity index is 227. The zero-order valence-corrected chi connectivity index (χ0v) is 10.2. The van der Waals surface area contributed by atoms with Crippen molar-refractivity contribution >= 4 is 5.97 Å². The summed E-state index contributed by atoms with van der Waals surface area (Å²) in [6.45, 7) is 10.7. The lowest BCUT2D eigenvalue weighted by Gasteiger charge is -2.12. The van der Waals surface area contributed by atoms with E-state index in [1.54, 1.807) is 6.92 Å². The quantitative estimate of drug-likeness (QED) is 0.237. The lowest BCUT2D eigenvalue weighted by molar-refractivity contribution is -0.145. The molecule has 0 amide bonds. The van der Waals surface area contributed by atoms with Gasteiger partial charge in [-0.2, -0.15) is 0 Å². The molecule has 0 aliphatic heterocycles. The maximum atomic E-state index is 10.8. The summed E-state index contributed by atoms with van der Waals surface area (Å²) in [5, 5.41) is 0. The molecule has 0 saturated heterocycles. The van der Waals surface area contributed by atoms with Crippen molar-refractivity contribution in [3.05, 3.63) is 25.5 Å². The van der Waals surface area contributed by atoms with Crippen LogP contribution in [0.3, 0.4) is 0 Å². The Labute approximate surface area is 102 Å². The second-order valence-corrected chi connectivity index (χ2v) is 3.18. The summed E-state index contributed by atoms with van der Waals surface area (Å²) in [6.07, 6.45) is 2.21. The fourth-order valence-corrected chi connectivity index (χ4v) is 0.940. The molecule has 0 aliphatic carbocycles. The lowest BCUT2D eigenvalue weighted by atomic mass is 10.4. The van der Waals surface area contributed by atoms with E-state index in [1.165, 1.54) is 6.26 Å². The van der Waals surface area contributed by atoms with Crippen LogP contribution in [0.4, 0.5) is 0 Å². The van der Waals surface area contributed by atoms with Crippen LogP contribution < -0.4 is 0 Å². The van der Waals surface area contributed by atoms with Crippen LogP contribution >= 0.6 is 0 Å². The minimum absolute atomic E-state index is 0.287. The number of esters is 1. The molecular formula is C12H20O5. The molecule has 0 N–H and O–H groups in total. The third kappa shape index (κ3) is 10.9. The van der Waals surface area contributed by atoms with Crippen LogP contribution in [0, 0.1) is 0 Å². The maximum Gasteiger partial charge on any atom is 0.330 e. The van der Waals surface area contributed by atoms with E-state index in [1.807, 2.05) is 0 Å². The van der Waals surface area contributed by atoms with Gasteiger partial charge in [-0.15, -0.1) is 0 Å². The smallest absolute Gasteiger partial charge is 0.330 e. The molecule has 17 heavy (non-hydrogen) atoms. The Morgan fingerprint density at radius 1 is 1.18 bits per heavy atom. The molecular weight excluding hydrogens is 224 g/mol. The molecule has 1 unspecified atom stereocenters. The topological polar surface area (TPSA) is 54.0 Å². The highest BCUT2D eigenvalue weighted by molar-refractivity contribution is 5.81. The molecule has 0 bridgehead atoms. The van der Waals surface area contributed by atoms with Crippen LogP contribution in [0.2, 0.25) is 0 Å². The van der Waals surface area contributed by atoms with Crippen LogP contribution in [0.15, 0.2) is 25.5 Å². The van der Waals surface area contributed by atoms with E-state index in [0.29, 0.717) is 33.0 Å². The molecule has 0 heterocycles. The van der Waals surface area contributed by atoms with Gasteiger partial charge in [-0.05, 0) is 6.92 Å². The summed E-state index contributed by atoms with van der Waals surface area (Å²) in [4.78, 5) is 10.8. The van der Waals surface area contributed by atoms with Crippen molar-refractivity contribution in [2.24, 2.45) is 0 Å². The van der Waals surface area contributed by atoms with Gasteiger partial charge in [-0.3, -0.25) is 0 Å². The Hall–Kier alpha value is -1.33. The average molecular weight is 244 g/mol. The van der Waals surface area contributed by atoms with E-state index in [2.05, 4.69) is 13.2 Å². The maximum absolute atomic E-state index is 10.8. The van der Waals surface area contributed by atoms with Crippen molar-refractivity contribution in [1.82, 2.24) is 0 Å². The molecule has 0 saturated carbocycles. The normalized spacial score (nSPS) is 11.6. The number of carbonyl (C=O) groups is 1. The summed E-state index contributed by atoms with van der Waals surface area (Å²) in [5.41, 5.74) is 0. The minimum Gasteiger partial charge on any atom is -0.499 e. The first-order valence-electron chi connectivity index (χ1n) is 5.41. The first-order chi connectivity index (χ1) is 8.20. The fourth-order valence-electron chi connectivity index (χ4n) is 0.940. The third-order valence-electron chi connectivity index (χ3n) is 1.67. The van der Waals surface area contributed by atoms with Gasteiger partial charge in [0.2, 0.25) is 0 Å².